The van der Waals surface area contributed by atoms with Crippen LogP contribution >= 0.6 is 11.3 Å². The Kier molecular flexibility index (Phi) is 3.25. The van der Waals surface area contributed by atoms with Crippen LogP contribution in [0.3, 0.4) is 0 Å². The zero-order valence-electron chi connectivity index (χ0n) is 8.30. The van der Waals surface area contributed by atoms with Crippen molar-refractivity contribution in [3.05, 3.63) is 53.0 Å². The number of carbonyl (C=O) groups is 1. The average Bonchev–Trinajstić information content (AvgIpc) is 2.80. The van der Waals surface area contributed by atoms with E-state index in [1.165, 1.54) is 0 Å². The minimum atomic E-state index is 0.203. The lowest BCUT2D eigenvalue weighted by Gasteiger charge is -1.96. The zero-order chi connectivity index (χ0) is 10.5. The molecule has 0 aliphatic heterocycles. The first kappa shape index (κ1) is 10.1. The highest BCUT2D eigenvalue weighted by Crippen LogP contribution is 2.02. The van der Waals surface area contributed by atoms with E-state index in [0.717, 1.165) is 12.1 Å². The van der Waals surface area contributed by atoms with Crippen molar-refractivity contribution in [2.24, 2.45) is 0 Å². The van der Waals surface area contributed by atoms with E-state index in [0.29, 0.717) is 6.42 Å². The van der Waals surface area contributed by atoms with Gasteiger partial charge in [0.15, 0.2) is 18.5 Å². The van der Waals surface area contributed by atoms with Crippen LogP contribution in [0, 0.1) is 0 Å². The summed E-state index contributed by atoms with van der Waals surface area (Å²) in [5.41, 5.74) is 2.81. The van der Waals surface area contributed by atoms with E-state index in [1.54, 1.807) is 11.3 Å². The zero-order valence-corrected chi connectivity index (χ0v) is 9.11. The molecule has 0 amide bonds. The van der Waals surface area contributed by atoms with E-state index >= 15 is 0 Å². The van der Waals surface area contributed by atoms with Gasteiger partial charge in [0.25, 0.3) is 0 Å². The van der Waals surface area contributed by atoms with E-state index in [1.807, 2.05) is 52.0 Å². The molecule has 0 saturated heterocycles. The third kappa shape index (κ3) is 2.73. The van der Waals surface area contributed by atoms with Crippen molar-refractivity contribution < 1.29 is 9.36 Å². The Morgan fingerprint density at radius 1 is 1.27 bits per heavy atom. The minimum Gasteiger partial charge on any atom is -0.294 e. The molecular weight excluding hydrogens is 206 g/mol. The Bertz CT molecular complexity index is 422. The average molecular weight is 218 g/mol. The van der Waals surface area contributed by atoms with Gasteiger partial charge in [0, 0.05) is 5.56 Å². The maximum Gasteiger partial charge on any atom is 0.224 e. The highest BCUT2D eigenvalue weighted by Gasteiger charge is 2.08. The van der Waals surface area contributed by atoms with E-state index in [9.17, 15) is 4.79 Å². The maximum atomic E-state index is 11.7. The predicted molar refractivity (Wildman–Crippen MR) is 59.9 cm³/mol. The molecule has 0 aliphatic carbocycles. The first-order chi connectivity index (χ1) is 7.36. The van der Waals surface area contributed by atoms with Crippen LogP contribution in [0.1, 0.15) is 16.8 Å². The molecule has 0 aliphatic rings. The molecule has 2 aromatic rings. The molecule has 0 saturated carbocycles. The van der Waals surface area contributed by atoms with Gasteiger partial charge in [-0.25, -0.2) is 0 Å². The molecule has 0 N–H and O–H groups in total. The third-order valence-corrected chi connectivity index (χ3v) is 2.89. The van der Waals surface area contributed by atoms with Crippen molar-refractivity contribution in [3.8, 4) is 0 Å². The normalized spacial score (nSPS) is 10.1. The van der Waals surface area contributed by atoms with Crippen LogP contribution in [-0.4, -0.2) is 5.78 Å². The second-order valence-corrected chi connectivity index (χ2v) is 4.06. The lowest BCUT2D eigenvalue weighted by atomic mass is 10.1. The van der Waals surface area contributed by atoms with Crippen LogP contribution in [0.2, 0.25) is 0 Å². The molecule has 0 atom stereocenters. The molecule has 0 bridgehead atoms. The first-order valence-corrected chi connectivity index (χ1v) is 5.80. The number of Topliss-reactive ketones (excluding diaryl/α,β-unsaturated/α-hetero) is 1. The lowest BCUT2D eigenvalue weighted by Crippen LogP contribution is -2.31. The topological polar surface area (TPSA) is 20.9 Å². The minimum absolute atomic E-state index is 0.203. The molecule has 1 aromatic carbocycles. The SMILES string of the molecule is O=C(CC[n+]1ccsc1)c1ccccc1. The molecule has 0 unspecified atom stereocenters. The molecule has 0 radical (unpaired) electrons. The van der Waals surface area contributed by atoms with E-state index < -0.39 is 0 Å². The molecule has 15 heavy (non-hydrogen) atoms. The fourth-order valence-corrected chi connectivity index (χ4v) is 2.02. The Labute approximate surface area is 92.8 Å². The summed E-state index contributed by atoms with van der Waals surface area (Å²) >= 11 is 1.64. The van der Waals surface area contributed by atoms with E-state index in [4.69, 9.17) is 0 Å². The van der Waals surface area contributed by atoms with Gasteiger partial charge in [-0.05, 0) is 0 Å². The van der Waals surface area contributed by atoms with Gasteiger partial charge in [0.05, 0.1) is 11.8 Å². The highest BCUT2D eigenvalue weighted by atomic mass is 32.1. The Hall–Kier alpha value is -1.48. The Morgan fingerprint density at radius 2 is 2.07 bits per heavy atom. The standard InChI is InChI=1S/C12H12NOS/c14-12(11-4-2-1-3-5-11)6-7-13-8-9-15-10-13/h1-5,8-10H,6-7H2/q+1. The molecule has 2 nitrogen and oxygen atoms in total. The van der Waals surface area contributed by atoms with Crippen molar-refractivity contribution in [1.82, 2.24) is 0 Å². The quantitative estimate of drug-likeness (QED) is 0.570. The van der Waals surface area contributed by atoms with Gasteiger partial charge >= 0.3 is 0 Å². The van der Waals surface area contributed by atoms with Gasteiger partial charge < -0.3 is 0 Å². The molecule has 1 heterocycles. The monoisotopic (exact) mass is 218 g/mol. The summed E-state index contributed by atoms with van der Waals surface area (Å²) in [6.45, 7) is 0.761. The summed E-state index contributed by atoms with van der Waals surface area (Å²) in [5, 5.41) is 2.01. The second kappa shape index (κ2) is 4.84. The van der Waals surface area contributed by atoms with E-state index in [2.05, 4.69) is 0 Å². The van der Waals surface area contributed by atoms with Gasteiger partial charge in [-0.3, -0.25) is 4.79 Å². The van der Waals surface area contributed by atoms with Crippen LogP contribution in [-0.2, 0) is 6.54 Å². The van der Waals surface area contributed by atoms with Crippen molar-refractivity contribution in [3.63, 3.8) is 0 Å². The molecule has 3 heteroatoms. The smallest absolute Gasteiger partial charge is 0.224 e. The third-order valence-electron chi connectivity index (χ3n) is 2.22. The fourth-order valence-electron chi connectivity index (χ4n) is 1.39. The largest absolute Gasteiger partial charge is 0.294 e. The van der Waals surface area contributed by atoms with Gasteiger partial charge in [-0.15, -0.1) is 0 Å². The van der Waals surface area contributed by atoms with Gasteiger partial charge in [-0.2, -0.15) is 4.57 Å². The number of aromatic nitrogens is 1. The summed E-state index contributed by atoms with van der Waals surface area (Å²) in [6, 6.07) is 9.43. The van der Waals surface area contributed by atoms with Crippen LogP contribution in [0.15, 0.2) is 47.4 Å². The molecule has 76 valence electrons. The lowest BCUT2D eigenvalue weighted by molar-refractivity contribution is -0.690. The number of benzene rings is 1. The van der Waals surface area contributed by atoms with Crippen LogP contribution in [0.4, 0.5) is 0 Å². The van der Waals surface area contributed by atoms with Crippen molar-refractivity contribution in [2.75, 3.05) is 0 Å². The number of thiazole rings is 1. The predicted octanol–water partition coefficient (Wildman–Crippen LogP) is 2.31. The van der Waals surface area contributed by atoms with E-state index in [-0.39, 0.29) is 5.78 Å². The molecule has 0 fully saturated rings. The number of hydrogen-bond donors (Lipinski definition) is 0. The molecule has 2 rings (SSSR count). The number of aryl methyl sites for hydroxylation is 1. The Balaban J connectivity index is 1.94. The first-order valence-electron chi connectivity index (χ1n) is 4.86. The second-order valence-electron chi connectivity index (χ2n) is 3.30. The van der Waals surface area contributed by atoms with Crippen LogP contribution in [0.25, 0.3) is 0 Å². The van der Waals surface area contributed by atoms with Crippen molar-refractivity contribution >= 4 is 17.1 Å². The molecule has 1 aromatic heterocycles. The summed E-state index contributed by atoms with van der Waals surface area (Å²) in [5.74, 6) is 0.203. The van der Waals surface area contributed by atoms with Crippen LogP contribution in [0.5, 0.6) is 0 Å². The number of nitrogens with zero attached hydrogens (tertiary/aromatic N) is 1. The van der Waals surface area contributed by atoms with Crippen molar-refractivity contribution in [2.45, 2.75) is 13.0 Å². The maximum absolute atomic E-state index is 11.7. The summed E-state index contributed by atoms with van der Waals surface area (Å²) in [7, 11) is 0. The molecule has 0 spiro atoms. The number of carbonyl (C=O) groups excluding carboxylic acids is 1. The number of rotatable bonds is 4. The summed E-state index contributed by atoms with van der Waals surface area (Å²) in [6.07, 6.45) is 2.55. The van der Waals surface area contributed by atoms with Crippen LogP contribution < -0.4 is 4.57 Å². The van der Waals surface area contributed by atoms with Crippen molar-refractivity contribution in [1.29, 1.82) is 0 Å². The van der Waals surface area contributed by atoms with Gasteiger partial charge in [0.1, 0.15) is 0 Å². The fraction of sp³-hybridized carbons (Fsp3) is 0.167. The number of ketones is 1. The Morgan fingerprint density at radius 3 is 2.73 bits per heavy atom. The highest BCUT2D eigenvalue weighted by molar-refractivity contribution is 7.07. The number of hydrogen-bond acceptors (Lipinski definition) is 2. The summed E-state index contributed by atoms with van der Waals surface area (Å²) < 4.78 is 2.03. The summed E-state index contributed by atoms with van der Waals surface area (Å²) in [4.78, 5) is 11.7. The van der Waals surface area contributed by atoms with Gasteiger partial charge in [0.2, 0.25) is 5.51 Å². The molecular formula is C12H12NOS+. The van der Waals surface area contributed by atoms with Gasteiger partial charge in [-0.1, -0.05) is 41.7 Å².